The van der Waals surface area contributed by atoms with Crippen LogP contribution in [0.15, 0.2) is 42.5 Å². The van der Waals surface area contributed by atoms with Crippen LogP contribution in [0.2, 0.25) is 10.0 Å². The minimum atomic E-state index is 0.217. The number of benzene rings is 2. The molecule has 0 spiro atoms. The molecule has 1 atom stereocenters. The van der Waals surface area contributed by atoms with Crippen molar-refractivity contribution in [3.05, 3.63) is 52.5 Å². The predicted octanol–water partition coefficient (Wildman–Crippen LogP) is 5.82. The van der Waals surface area contributed by atoms with Crippen LogP contribution < -0.4 is 14.8 Å². The van der Waals surface area contributed by atoms with Gasteiger partial charge in [0.15, 0.2) is 0 Å². The van der Waals surface area contributed by atoms with Gasteiger partial charge in [-0.15, -0.1) is 0 Å². The number of hydrogen-bond donors (Lipinski definition) is 1. The molecule has 1 heterocycles. The fourth-order valence-corrected chi connectivity index (χ4v) is 3.38. The highest BCUT2D eigenvalue weighted by molar-refractivity contribution is 6.35. The van der Waals surface area contributed by atoms with Crippen LogP contribution in [0.3, 0.4) is 0 Å². The average Bonchev–Trinajstić information content (AvgIpc) is 3.18. The van der Waals surface area contributed by atoms with E-state index < -0.39 is 0 Å². The number of ether oxygens (including phenoxy) is 3. The Morgan fingerprint density at radius 3 is 2.74 bits per heavy atom. The zero-order chi connectivity index (χ0) is 18.9. The van der Waals surface area contributed by atoms with Crippen molar-refractivity contribution in [2.75, 3.05) is 31.7 Å². The highest BCUT2D eigenvalue weighted by atomic mass is 35.5. The van der Waals surface area contributed by atoms with Crippen molar-refractivity contribution in [1.82, 2.24) is 0 Å². The van der Waals surface area contributed by atoms with E-state index in [0.29, 0.717) is 29.0 Å². The molecular weight excluding hydrogens is 385 g/mol. The molecule has 27 heavy (non-hydrogen) atoms. The lowest BCUT2D eigenvalue weighted by atomic mass is 10.2. The molecule has 2 aromatic rings. The first kappa shape index (κ1) is 20.1. The Morgan fingerprint density at radius 2 is 1.93 bits per heavy atom. The zero-order valence-corrected chi connectivity index (χ0v) is 16.8. The monoisotopic (exact) mass is 409 g/mol. The van der Waals surface area contributed by atoms with E-state index in [0.717, 1.165) is 50.3 Å². The summed E-state index contributed by atoms with van der Waals surface area (Å²) in [5.74, 6) is 1.54. The van der Waals surface area contributed by atoms with E-state index in [1.807, 2.05) is 24.3 Å². The van der Waals surface area contributed by atoms with Crippen LogP contribution in [-0.2, 0) is 4.74 Å². The summed E-state index contributed by atoms with van der Waals surface area (Å²) < 4.78 is 17.3. The Bertz CT molecular complexity index is 720. The molecule has 0 saturated carbocycles. The summed E-state index contributed by atoms with van der Waals surface area (Å²) >= 11 is 12.0. The molecule has 1 aliphatic rings. The van der Waals surface area contributed by atoms with Crippen LogP contribution in [-0.4, -0.2) is 32.5 Å². The topological polar surface area (TPSA) is 39.7 Å². The molecule has 0 aromatic heterocycles. The zero-order valence-electron chi connectivity index (χ0n) is 15.3. The second kappa shape index (κ2) is 10.6. The number of anilines is 1. The van der Waals surface area contributed by atoms with E-state index >= 15 is 0 Å². The van der Waals surface area contributed by atoms with Gasteiger partial charge in [0.25, 0.3) is 0 Å². The van der Waals surface area contributed by atoms with Gasteiger partial charge in [-0.2, -0.15) is 0 Å². The first-order chi connectivity index (χ1) is 13.2. The van der Waals surface area contributed by atoms with E-state index in [4.69, 9.17) is 37.4 Å². The summed E-state index contributed by atoms with van der Waals surface area (Å²) in [6, 6.07) is 13.3. The smallest absolute Gasteiger partial charge is 0.142 e. The van der Waals surface area contributed by atoms with Gasteiger partial charge in [0.05, 0.1) is 23.4 Å². The molecule has 1 unspecified atom stereocenters. The maximum Gasteiger partial charge on any atom is 0.142 e. The van der Waals surface area contributed by atoms with Crippen molar-refractivity contribution in [3.8, 4) is 11.5 Å². The Hall–Kier alpha value is -1.62. The Balaban J connectivity index is 1.36. The van der Waals surface area contributed by atoms with E-state index in [9.17, 15) is 0 Å². The van der Waals surface area contributed by atoms with E-state index in [-0.39, 0.29) is 6.10 Å². The molecule has 6 heteroatoms. The molecule has 0 radical (unpaired) electrons. The summed E-state index contributed by atoms with van der Waals surface area (Å²) in [6.07, 6.45) is 4.32. The van der Waals surface area contributed by atoms with Gasteiger partial charge in [-0.3, -0.25) is 0 Å². The number of unbranched alkanes of at least 4 members (excludes halogenated alkanes) is 1. The van der Waals surface area contributed by atoms with Crippen LogP contribution in [0.4, 0.5) is 5.69 Å². The minimum Gasteiger partial charge on any atom is -0.492 e. The highest BCUT2D eigenvalue weighted by Crippen LogP contribution is 2.28. The van der Waals surface area contributed by atoms with Gasteiger partial charge >= 0.3 is 0 Å². The quantitative estimate of drug-likeness (QED) is 0.501. The second-order valence-electron chi connectivity index (χ2n) is 6.50. The summed E-state index contributed by atoms with van der Waals surface area (Å²) in [5.41, 5.74) is 1.01. The van der Waals surface area contributed by atoms with E-state index in [1.54, 1.807) is 18.2 Å². The number of para-hydroxylation sites is 2. The summed E-state index contributed by atoms with van der Waals surface area (Å²) in [6.45, 7) is 2.91. The molecule has 1 fully saturated rings. The van der Waals surface area contributed by atoms with Crippen LogP contribution >= 0.6 is 23.2 Å². The van der Waals surface area contributed by atoms with Gasteiger partial charge in [-0.1, -0.05) is 35.3 Å². The molecule has 0 amide bonds. The molecule has 4 nitrogen and oxygen atoms in total. The van der Waals surface area contributed by atoms with E-state index in [2.05, 4.69) is 5.32 Å². The van der Waals surface area contributed by atoms with Crippen LogP contribution in [0.25, 0.3) is 0 Å². The molecule has 2 aromatic carbocycles. The first-order valence-electron chi connectivity index (χ1n) is 9.37. The van der Waals surface area contributed by atoms with Crippen molar-refractivity contribution < 1.29 is 14.2 Å². The highest BCUT2D eigenvalue weighted by Gasteiger charge is 2.16. The summed E-state index contributed by atoms with van der Waals surface area (Å²) in [4.78, 5) is 0. The molecule has 1 aliphatic heterocycles. The number of rotatable bonds is 10. The SMILES string of the molecule is Clc1ccc(OCCCCNc2ccccc2OCC2CCCO2)c(Cl)c1. The van der Waals surface area contributed by atoms with Crippen molar-refractivity contribution in [2.24, 2.45) is 0 Å². The van der Waals surface area contributed by atoms with Crippen molar-refractivity contribution in [3.63, 3.8) is 0 Å². The molecule has 3 rings (SSSR count). The lowest BCUT2D eigenvalue weighted by molar-refractivity contribution is 0.0682. The number of nitrogens with one attached hydrogen (secondary N) is 1. The normalized spacial score (nSPS) is 16.3. The minimum absolute atomic E-state index is 0.217. The van der Waals surface area contributed by atoms with Crippen LogP contribution in [0.5, 0.6) is 11.5 Å². The molecule has 0 aliphatic carbocycles. The van der Waals surface area contributed by atoms with Gasteiger partial charge in [-0.05, 0) is 56.0 Å². The molecular formula is C21H25Cl2NO3. The van der Waals surface area contributed by atoms with Crippen molar-refractivity contribution in [2.45, 2.75) is 31.8 Å². The van der Waals surface area contributed by atoms with Gasteiger partial charge in [0, 0.05) is 18.2 Å². The standard InChI is InChI=1S/C21H25Cl2NO3/c22-16-9-10-20(18(23)14-16)26-12-4-3-11-24-19-7-1-2-8-21(19)27-15-17-6-5-13-25-17/h1-2,7-10,14,17,24H,3-6,11-13,15H2. The maximum atomic E-state index is 6.10. The van der Waals surface area contributed by atoms with E-state index in [1.165, 1.54) is 0 Å². The number of halogens is 2. The Kier molecular flexibility index (Phi) is 7.93. The van der Waals surface area contributed by atoms with Gasteiger partial charge in [0.2, 0.25) is 0 Å². The Labute approximate surface area is 170 Å². The third-order valence-electron chi connectivity index (χ3n) is 4.37. The number of hydrogen-bond acceptors (Lipinski definition) is 4. The first-order valence-corrected chi connectivity index (χ1v) is 10.1. The second-order valence-corrected chi connectivity index (χ2v) is 7.34. The maximum absolute atomic E-state index is 6.10. The largest absolute Gasteiger partial charge is 0.492 e. The lowest BCUT2D eigenvalue weighted by Gasteiger charge is -2.15. The van der Waals surface area contributed by atoms with Crippen LogP contribution in [0.1, 0.15) is 25.7 Å². The predicted molar refractivity (Wildman–Crippen MR) is 111 cm³/mol. The van der Waals surface area contributed by atoms with Crippen LogP contribution in [0, 0.1) is 0 Å². The third-order valence-corrected chi connectivity index (χ3v) is 4.90. The lowest BCUT2D eigenvalue weighted by Crippen LogP contribution is -2.17. The molecule has 1 N–H and O–H groups in total. The molecule has 1 saturated heterocycles. The van der Waals surface area contributed by atoms with Crippen molar-refractivity contribution >= 4 is 28.9 Å². The van der Waals surface area contributed by atoms with Gasteiger partial charge in [0.1, 0.15) is 18.1 Å². The fourth-order valence-electron chi connectivity index (χ4n) is 2.92. The summed E-state index contributed by atoms with van der Waals surface area (Å²) in [7, 11) is 0. The molecule has 0 bridgehead atoms. The fraction of sp³-hybridized carbons (Fsp3) is 0.429. The molecule has 146 valence electrons. The van der Waals surface area contributed by atoms with Crippen molar-refractivity contribution in [1.29, 1.82) is 0 Å². The van der Waals surface area contributed by atoms with Gasteiger partial charge in [-0.25, -0.2) is 0 Å². The van der Waals surface area contributed by atoms with Gasteiger partial charge < -0.3 is 19.5 Å². The Morgan fingerprint density at radius 1 is 1.04 bits per heavy atom. The summed E-state index contributed by atoms with van der Waals surface area (Å²) in [5, 5.41) is 4.59. The average molecular weight is 410 g/mol. The third kappa shape index (κ3) is 6.49.